The van der Waals surface area contributed by atoms with E-state index in [1.807, 2.05) is 19.9 Å². The van der Waals surface area contributed by atoms with Gasteiger partial charge in [0.2, 0.25) is 11.8 Å². The molecule has 0 aliphatic carbocycles. The van der Waals surface area contributed by atoms with Crippen LogP contribution in [0, 0.1) is 64.0 Å². The summed E-state index contributed by atoms with van der Waals surface area (Å²) in [5.41, 5.74) is 8.78. The van der Waals surface area contributed by atoms with Gasteiger partial charge in [0.05, 0.1) is 72.3 Å². The van der Waals surface area contributed by atoms with Crippen LogP contribution in [0.5, 0.6) is 23.0 Å². The average molecular weight is 2100 g/mol. The zero-order chi connectivity index (χ0) is 92.9. The zero-order valence-corrected chi connectivity index (χ0v) is 75.4. The fourth-order valence-corrected chi connectivity index (χ4v) is 16.5. The summed E-state index contributed by atoms with van der Waals surface area (Å²) < 4.78 is 185. The van der Waals surface area contributed by atoms with E-state index in [9.17, 15) is 61.5 Å². The van der Waals surface area contributed by atoms with E-state index in [-0.39, 0.29) is 83.5 Å². The first-order valence-electron chi connectivity index (χ1n) is 36.5. The Morgan fingerprint density at radius 2 is 0.852 bits per heavy atom. The van der Waals surface area contributed by atoms with E-state index in [0.29, 0.717) is 98.7 Å². The number of nitrogens with zero attached hydrogens (tertiary/aromatic N) is 10. The van der Waals surface area contributed by atoms with Crippen molar-refractivity contribution in [3.63, 3.8) is 0 Å². The Balaban J connectivity index is 0.000000153. The Morgan fingerprint density at radius 3 is 1.30 bits per heavy atom. The Kier molecular flexibility index (Phi) is 31.4. The molecule has 656 valence electrons. The van der Waals surface area contributed by atoms with E-state index in [1.165, 1.54) is 92.7 Å². The number of hydrogen-bond donors (Lipinski definition) is 8. The minimum absolute atomic E-state index is 0.0143. The molecule has 2 amide bonds. The van der Waals surface area contributed by atoms with Gasteiger partial charge in [-0.1, -0.05) is 72.8 Å². The molecule has 8 N–H and O–H groups in total. The van der Waals surface area contributed by atoms with Gasteiger partial charge < -0.3 is 59.6 Å². The number of carbonyl (C=O) groups is 2. The van der Waals surface area contributed by atoms with Gasteiger partial charge >= 0.3 is 14.2 Å². The minimum atomic E-state index is -4.05. The van der Waals surface area contributed by atoms with Crippen LogP contribution in [0.1, 0.15) is 11.1 Å². The number of aryl methyl sites for hydroxylation is 2. The van der Waals surface area contributed by atoms with Crippen molar-refractivity contribution in [2.45, 2.75) is 23.6 Å². The summed E-state index contributed by atoms with van der Waals surface area (Å²) in [7, 11) is -6.18. The Labute approximate surface area is 761 Å². The molecule has 0 spiro atoms. The quantitative estimate of drug-likeness (QED) is 0.0171. The number of carbonyl (C=O) groups excluding carboxylic acids is 2. The molecule has 8 aromatic heterocycles. The Bertz CT molecular complexity index is 7160. The third-order valence-electron chi connectivity index (χ3n) is 18.0. The van der Waals surface area contributed by atoms with Crippen LogP contribution >= 0.6 is 70.4 Å². The lowest BCUT2D eigenvalue weighted by Crippen LogP contribution is -2.32. The maximum absolute atomic E-state index is 14.3. The highest BCUT2D eigenvalue weighted by molar-refractivity contribution is 14.1. The molecule has 0 aliphatic rings. The second kappa shape index (κ2) is 41.9. The van der Waals surface area contributed by atoms with E-state index in [1.54, 1.807) is 91.4 Å². The fraction of sp³-hybridized carbons (Fsp3) is 0.0714. The maximum Gasteiger partial charge on any atom is 0.492 e. The lowest BCUT2D eigenvalue weighted by molar-refractivity contribution is -0.112. The fourth-order valence-electron chi connectivity index (χ4n) is 12.2. The highest BCUT2D eigenvalue weighted by atomic mass is 127. The molecule has 16 rings (SSSR count). The number of hydrogen-bond acceptors (Lipinski definition) is 22. The van der Waals surface area contributed by atoms with E-state index < -0.39 is 80.8 Å². The monoisotopic (exact) mass is 2090 g/mol. The van der Waals surface area contributed by atoms with Crippen LogP contribution in [0.3, 0.4) is 0 Å². The summed E-state index contributed by atoms with van der Waals surface area (Å²) >= 11 is 11.7. The molecule has 0 fully saturated rings. The first kappa shape index (κ1) is 96.0. The van der Waals surface area contributed by atoms with Gasteiger partial charge in [0.15, 0.2) is 68.9 Å². The largest absolute Gasteiger partial charge is 0.494 e. The van der Waals surface area contributed by atoms with Gasteiger partial charge in [-0.25, -0.2) is 99.8 Å². The molecule has 8 heterocycles. The van der Waals surface area contributed by atoms with Gasteiger partial charge in [-0.15, -0.1) is 0 Å². The molecular formula is C84H64B2Br3F8IN14O14S2. The van der Waals surface area contributed by atoms with E-state index >= 15 is 0 Å². The third kappa shape index (κ3) is 22.3. The van der Waals surface area contributed by atoms with Gasteiger partial charge in [-0.3, -0.25) is 9.59 Å². The van der Waals surface area contributed by atoms with Crippen LogP contribution in [0.2, 0.25) is 0 Å². The number of aromatic amines is 2. The van der Waals surface area contributed by atoms with E-state index in [4.69, 9.17) is 34.3 Å². The number of methoxy groups -OCH3 is 4. The number of nitrogens with one attached hydrogen (secondary N) is 4. The van der Waals surface area contributed by atoms with Crippen molar-refractivity contribution >= 4 is 183 Å². The van der Waals surface area contributed by atoms with Gasteiger partial charge in [0.1, 0.15) is 59.1 Å². The van der Waals surface area contributed by atoms with Crippen molar-refractivity contribution in [1.82, 2.24) is 57.8 Å². The van der Waals surface area contributed by atoms with Crippen LogP contribution in [-0.2, 0) is 29.6 Å². The number of anilines is 2. The number of benzene rings is 8. The number of halogens is 12. The van der Waals surface area contributed by atoms with Crippen LogP contribution < -0.4 is 40.5 Å². The van der Waals surface area contributed by atoms with Crippen LogP contribution in [0.4, 0.5) is 46.5 Å². The number of H-pyrrole nitrogens is 2. The van der Waals surface area contributed by atoms with Gasteiger partial charge in [0, 0.05) is 105 Å². The van der Waals surface area contributed by atoms with Crippen molar-refractivity contribution in [2.75, 3.05) is 39.1 Å². The summed E-state index contributed by atoms with van der Waals surface area (Å²) in [6.45, 7) is 10.5. The minimum Gasteiger partial charge on any atom is -0.494 e. The number of rotatable bonds is 18. The molecule has 44 heteroatoms. The summed E-state index contributed by atoms with van der Waals surface area (Å²) in [6, 6.07) is 33.4. The smallest absolute Gasteiger partial charge is 0.492 e. The van der Waals surface area contributed by atoms with Crippen molar-refractivity contribution in [1.29, 1.82) is 0 Å². The predicted octanol–water partition coefficient (Wildman–Crippen LogP) is 15.6. The summed E-state index contributed by atoms with van der Waals surface area (Å²) in [6.07, 6.45) is 14.2. The molecule has 0 aliphatic heterocycles. The van der Waals surface area contributed by atoms with E-state index in [0.717, 1.165) is 56.1 Å². The summed E-state index contributed by atoms with van der Waals surface area (Å²) in [4.78, 5) is 62.9. The van der Waals surface area contributed by atoms with Crippen LogP contribution in [0.15, 0.2) is 244 Å². The molecular weight excluding hydrogens is 2030 g/mol. The molecule has 128 heavy (non-hydrogen) atoms. The molecule has 0 saturated heterocycles. The molecule has 0 atom stereocenters. The number of amides is 2. The van der Waals surface area contributed by atoms with Crippen molar-refractivity contribution in [3.8, 4) is 67.6 Å². The zero-order valence-electron chi connectivity index (χ0n) is 66.9. The lowest BCUT2D eigenvalue weighted by Gasteiger charge is -2.09. The lowest BCUT2D eigenvalue weighted by atomic mass is 9.79. The van der Waals surface area contributed by atoms with Crippen molar-refractivity contribution in [2.24, 2.45) is 0 Å². The summed E-state index contributed by atoms with van der Waals surface area (Å²) in [5, 5.41) is 40.4. The summed E-state index contributed by atoms with van der Waals surface area (Å²) in [5.74, 6) is -7.98. The topological polar surface area (TPSA) is 389 Å². The third-order valence-corrected chi connectivity index (χ3v) is 23.3. The average Bonchev–Trinajstić information content (AvgIpc) is 1.59. The molecule has 0 saturated carbocycles. The van der Waals surface area contributed by atoms with Crippen LogP contribution in [-0.4, -0.2) is 149 Å². The molecule has 0 unspecified atom stereocenters. The van der Waals surface area contributed by atoms with Gasteiger partial charge in [-0.05, 0) is 175 Å². The first-order valence-corrected chi connectivity index (χ1v) is 42.9. The predicted molar refractivity (Wildman–Crippen MR) is 484 cm³/mol. The van der Waals surface area contributed by atoms with Crippen molar-refractivity contribution in [3.05, 3.63) is 296 Å². The second-order valence-corrected chi connectivity index (χ2v) is 33.7. The van der Waals surface area contributed by atoms with Crippen molar-refractivity contribution < 1.29 is 101 Å². The highest BCUT2D eigenvalue weighted by Crippen LogP contribution is 2.42. The molecule has 16 aromatic rings. The first-order chi connectivity index (χ1) is 60.9. The standard InChI is InChI=1S/C22H16F2N4O2.C20H14BrF2N3O3S.C13H8BrF2N3O.C13H9BrIN3O2S.C9H10BNO3.C7H7BF2O3/c1-3-19(29)27-14-6-4-5-12(7-14)18-11-26-22-20(28-18)16(10-25-22)15-8-13(23)9-17(24)21(15)30-2;1-11-3-5-13(6-4-11)30(27,28)26-10-15(18-20(26)24-9-17(21)25-18)14-7-12(22)8-16(23)19(14)29-2;1-20-12-7(2-6(15)3-9(12)16)8-4-17-13-11(8)19-10(14)5-18-13;1-8-2-4-9(5-3-8)21(19,20)18-7-10(15)12-13(18)16-6-11(14)17-12;1-2-9(12)11-8-5-3-4-7(6-8)10(13)14;1-13-7-5(8(11)12)2-4(9)3-6(7)10/h3-11H,1H2,2H3,(H,25,26)(H,27,29);3-10H,1-2H3;2-5H,1H3,(H,17,18);2-7H,1H3;2-6,13-14H,1H2,(H,11,12);2-3,11-12H,1H3. The molecule has 28 nitrogen and oxygen atoms in total. The number of ether oxygens (including phenoxy) is 4. The number of fused-ring (bicyclic) bond motifs is 4. The maximum atomic E-state index is 14.3. The highest BCUT2D eigenvalue weighted by Gasteiger charge is 2.29. The normalized spacial score (nSPS) is 11.0. The van der Waals surface area contributed by atoms with Crippen LogP contribution in [0.25, 0.3) is 89.3 Å². The number of aromatic nitrogens is 12. The van der Waals surface area contributed by atoms with Gasteiger partial charge in [-0.2, -0.15) is 0 Å². The molecule has 0 radical (unpaired) electrons. The SMILES string of the molecule is C=CC(=O)Nc1cccc(-c2cnc3[nH]cc(-c4cc(F)cc(F)c4OC)c3n2)c1.C=CC(=O)Nc1cccc(B(O)O)c1.COc1c(F)cc(F)cc1-c1c[nH]c2ncc(Br)nc12.COc1c(F)cc(F)cc1-c1cn(S(=O)(=O)c2ccc(C)cc2)c2ncc(Br)nc12.COc1c(F)cc(F)cc1B(O)O.Cc1ccc(S(=O)(=O)n2cc(I)c3nc(Br)cnc32)cc1. The Hall–Kier alpha value is -12.7. The molecule has 8 aromatic carbocycles. The van der Waals surface area contributed by atoms with Gasteiger partial charge in [0.25, 0.3) is 20.0 Å². The van der Waals surface area contributed by atoms with E-state index in [2.05, 4.69) is 149 Å². The second-order valence-electron chi connectivity index (χ2n) is 26.5. The molecule has 0 bridgehead atoms. The Morgan fingerprint density at radius 1 is 0.461 bits per heavy atom.